The summed E-state index contributed by atoms with van der Waals surface area (Å²) < 4.78 is 11.8. The molecule has 0 heterocycles. The van der Waals surface area contributed by atoms with Gasteiger partial charge in [0, 0.05) is 30.1 Å². The number of allylic oxidation sites excluding steroid dienone is 1. The highest BCUT2D eigenvalue weighted by molar-refractivity contribution is 5.96. The Morgan fingerprint density at radius 3 is 2.20 bits per heavy atom. The Kier molecular flexibility index (Phi) is 8.50. The first kappa shape index (κ1) is 30.9. The molecule has 0 aromatic heterocycles. The van der Waals surface area contributed by atoms with Gasteiger partial charge in [-0.1, -0.05) is 72.5 Å². The Morgan fingerprint density at radius 2 is 1.60 bits per heavy atom. The van der Waals surface area contributed by atoms with E-state index in [1.165, 1.54) is 0 Å². The number of esters is 2. The van der Waals surface area contributed by atoms with Gasteiger partial charge in [-0.3, -0.25) is 14.4 Å². The predicted octanol–water partition coefficient (Wildman–Crippen LogP) is 4.19. The minimum Gasteiger partial charge on any atom is -0.461 e. The van der Waals surface area contributed by atoms with Crippen molar-refractivity contribution in [3.8, 4) is 0 Å². The number of fused-ring (bicyclic) bond motifs is 3. The smallest absolute Gasteiger partial charge is 0.306 e. The van der Waals surface area contributed by atoms with Gasteiger partial charge in [-0.05, 0) is 43.3 Å². The molecule has 4 aliphatic carbocycles. The fraction of sp³-hybridized carbons (Fsp3) is 0.781. The number of rotatable bonds is 11. The molecule has 2 bridgehead atoms. The zero-order valence-electron chi connectivity index (χ0n) is 25.0. The first-order valence-corrected chi connectivity index (χ1v) is 15.2. The highest BCUT2D eigenvalue weighted by Crippen LogP contribution is 2.75. The number of aliphatic hydroxyl groups excluding tert-OH is 2. The number of hydrogen-bond acceptors (Lipinski definition) is 8. The minimum atomic E-state index is -2.25. The van der Waals surface area contributed by atoms with Crippen LogP contribution in [0.15, 0.2) is 23.3 Å². The van der Waals surface area contributed by atoms with Crippen LogP contribution in [0.5, 0.6) is 0 Å². The van der Waals surface area contributed by atoms with Crippen molar-refractivity contribution >= 4 is 17.7 Å². The van der Waals surface area contributed by atoms with Crippen LogP contribution >= 0.6 is 0 Å². The third-order valence-electron chi connectivity index (χ3n) is 10.5. The monoisotopic (exact) mass is 560 g/mol. The van der Waals surface area contributed by atoms with E-state index < -0.39 is 52.0 Å². The van der Waals surface area contributed by atoms with Crippen molar-refractivity contribution in [2.45, 2.75) is 123 Å². The fourth-order valence-electron chi connectivity index (χ4n) is 8.25. The summed E-state index contributed by atoms with van der Waals surface area (Å²) in [5, 5.41) is 35.2. The molecule has 0 amide bonds. The lowest BCUT2D eigenvalue weighted by Crippen LogP contribution is -2.65. The minimum absolute atomic E-state index is 0.189. The Morgan fingerprint density at radius 1 is 1.00 bits per heavy atom. The number of carbonyl (C=O) groups is 3. The van der Waals surface area contributed by atoms with Crippen molar-refractivity contribution in [1.29, 1.82) is 0 Å². The molecule has 0 aromatic rings. The second-order valence-corrected chi connectivity index (χ2v) is 13.3. The molecule has 0 aliphatic heterocycles. The van der Waals surface area contributed by atoms with E-state index in [0.29, 0.717) is 24.8 Å². The average molecular weight is 561 g/mol. The number of ether oxygens (including phenoxy) is 2. The van der Waals surface area contributed by atoms with Crippen LogP contribution in [0.1, 0.15) is 99.3 Å². The summed E-state index contributed by atoms with van der Waals surface area (Å²) >= 11 is 0. The van der Waals surface area contributed by atoms with Crippen molar-refractivity contribution < 1.29 is 39.2 Å². The SMILES string of the molecule is CCCCCC(=O)OCC1=C[C@@H]2C(=O)[C@]3(C=C(C)[C@H](O)[C@@]3(O)[C@@H]1O)[C@H](C)C[C@]1(OC(=O)CCCCC)[C@H]2C1(C)C. The van der Waals surface area contributed by atoms with E-state index in [4.69, 9.17) is 9.47 Å². The van der Waals surface area contributed by atoms with E-state index in [-0.39, 0.29) is 36.3 Å². The molecule has 0 radical (unpaired) electrons. The van der Waals surface area contributed by atoms with Crippen molar-refractivity contribution in [3.63, 3.8) is 0 Å². The largest absolute Gasteiger partial charge is 0.461 e. The maximum Gasteiger partial charge on any atom is 0.306 e. The second-order valence-electron chi connectivity index (χ2n) is 13.3. The van der Waals surface area contributed by atoms with Crippen LogP contribution in [0.3, 0.4) is 0 Å². The van der Waals surface area contributed by atoms with E-state index in [9.17, 15) is 29.7 Å². The van der Waals surface area contributed by atoms with Gasteiger partial charge in [-0.2, -0.15) is 0 Å². The predicted molar refractivity (Wildman–Crippen MR) is 149 cm³/mol. The number of ketones is 1. The summed E-state index contributed by atoms with van der Waals surface area (Å²) in [6.07, 6.45) is 6.14. The van der Waals surface area contributed by atoms with Crippen molar-refractivity contribution in [1.82, 2.24) is 0 Å². The molecule has 4 rings (SSSR count). The van der Waals surface area contributed by atoms with Gasteiger partial charge in [0.2, 0.25) is 0 Å². The Balaban J connectivity index is 1.76. The summed E-state index contributed by atoms with van der Waals surface area (Å²) in [4.78, 5) is 40.1. The quantitative estimate of drug-likeness (QED) is 0.195. The van der Waals surface area contributed by atoms with Crippen LogP contribution in [0.4, 0.5) is 0 Å². The van der Waals surface area contributed by atoms with Crippen LogP contribution in [-0.2, 0) is 23.9 Å². The molecular weight excluding hydrogens is 512 g/mol. The molecule has 0 unspecified atom stereocenters. The molecule has 3 N–H and O–H groups in total. The molecule has 0 saturated heterocycles. The third kappa shape index (κ3) is 4.40. The molecule has 2 fully saturated rings. The number of carbonyl (C=O) groups excluding carboxylic acids is 3. The second kappa shape index (κ2) is 11.0. The normalized spacial score (nSPS) is 39.2. The molecule has 1 spiro atoms. The molecule has 0 aromatic carbocycles. The van der Waals surface area contributed by atoms with Gasteiger partial charge in [-0.15, -0.1) is 0 Å². The van der Waals surface area contributed by atoms with Crippen LogP contribution < -0.4 is 0 Å². The maximum absolute atomic E-state index is 14.6. The fourth-order valence-corrected chi connectivity index (χ4v) is 8.25. The van der Waals surface area contributed by atoms with Crippen LogP contribution in [0, 0.1) is 28.6 Å². The van der Waals surface area contributed by atoms with E-state index in [2.05, 4.69) is 6.92 Å². The standard InChI is InChI=1S/C32H48O8/c1-7-9-11-13-23(33)39-18-21-15-22-25-29(5,6)31(25,40-24(34)14-12-10-8-2)17-20(4)30(28(22)37)16-19(3)26(35)32(30,38)27(21)36/h15-16,20,22,25-27,35-36,38H,7-14,17-18H2,1-6H3/t20-,22+,25-,26+,27-,30+,31+,32-/m1/s1. The van der Waals surface area contributed by atoms with Crippen LogP contribution in [0.25, 0.3) is 0 Å². The lowest BCUT2D eigenvalue weighted by molar-refractivity contribution is -0.192. The Hall–Kier alpha value is -2.03. The zero-order valence-corrected chi connectivity index (χ0v) is 25.0. The third-order valence-corrected chi connectivity index (χ3v) is 10.5. The van der Waals surface area contributed by atoms with Crippen molar-refractivity contribution in [2.24, 2.45) is 28.6 Å². The first-order valence-electron chi connectivity index (χ1n) is 15.2. The summed E-state index contributed by atoms with van der Waals surface area (Å²) in [5.74, 6) is -2.78. The maximum atomic E-state index is 14.6. The van der Waals surface area contributed by atoms with E-state index in [1.807, 2.05) is 27.7 Å². The van der Waals surface area contributed by atoms with Crippen LogP contribution in [-0.4, -0.2) is 63.1 Å². The Labute approximate surface area is 238 Å². The molecule has 8 nitrogen and oxygen atoms in total. The topological polar surface area (TPSA) is 130 Å². The number of Topliss-reactive ketones (excluding diaryl/α,β-unsaturated/α-hetero) is 1. The average Bonchev–Trinajstić information content (AvgIpc) is 3.31. The first-order chi connectivity index (χ1) is 18.8. The molecule has 2 saturated carbocycles. The van der Waals surface area contributed by atoms with Gasteiger partial charge >= 0.3 is 11.9 Å². The highest BCUT2D eigenvalue weighted by atomic mass is 16.6. The van der Waals surface area contributed by atoms with Gasteiger partial charge < -0.3 is 24.8 Å². The number of hydrogen-bond donors (Lipinski definition) is 3. The van der Waals surface area contributed by atoms with Crippen molar-refractivity contribution in [3.05, 3.63) is 23.3 Å². The lowest BCUT2D eigenvalue weighted by atomic mass is 9.59. The molecule has 8 atom stereocenters. The van der Waals surface area contributed by atoms with Crippen LogP contribution in [0.2, 0.25) is 0 Å². The van der Waals surface area contributed by atoms with E-state index >= 15 is 0 Å². The van der Waals surface area contributed by atoms with Crippen molar-refractivity contribution in [2.75, 3.05) is 6.61 Å². The zero-order chi connectivity index (χ0) is 29.7. The molecular formula is C32H48O8. The Bertz CT molecular complexity index is 1090. The summed E-state index contributed by atoms with van der Waals surface area (Å²) in [6, 6.07) is 0. The number of aliphatic hydroxyl groups is 3. The lowest BCUT2D eigenvalue weighted by Gasteiger charge is -2.48. The molecule has 224 valence electrons. The molecule has 40 heavy (non-hydrogen) atoms. The molecule has 4 aliphatic rings. The van der Waals surface area contributed by atoms with Gasteiger partial charge in [0.1, 0.15) is 30.0 Å². The summed E-state index contributed by atoms with van der Waals surface area (Å²) in [5.41, 5.74) is -4.74. The van der Waals surface area contributed by atoms with Gasteiger partial charge in [-0.25, -0.2) is 0 Å². The van der Waals surface area contributed by atoms with Gasteiger partial charge in [0.15, 0.2) is 5.78 Å². The van der Waals surface area contributed by atoms with E-state index in [0.717, 1.165) is 32.1 Å². The van der Waals surface area contributed by atoms with Gasteiger partial charge in [0.05, 0.1) is 5.41 Å². The van der Waals surface area contributed by atoms with E-state index in [1.54, 1.807) is 19.1 Å². The summed E-state index contributed by atoms with van der Waals surface area (Å²) in [6.45, 7) is 11.3. The number of unbranched alkanes of at least 4 members (excludes halogenated alkanes) is 4. The highest BCUT2D eigenvalue weighted by Gasteiger charge is 2.83. The summed E-state index contributed by atoms with van der Waals surface area (Å²) in [7, 11) is 0. The van der Waals surface area contributed by atoms with Gasteiger partial charge in [0.25, 0.3) is 0 Å². The molecule has 8 heteroatoms.